The van der Waals surface area contributed by atoms with E-state index < -0.39 is 16.4 Å². The molecule has 0 unspecified atom stereocenters. The van der Waals surface area contributed by atoms with Crippen LogP contribution in [-0.4, -0.2) is 45.8 Å². The van der Waals surface area contributed by atoms with E-state index in [9.17, 15) is 9.59 Å². The van der Waals surface area contributed by atoms with E-state index in [2.05, 4.69) is 27.7 Å². The lowest BCUT2D eigenvalue weighted by Gasteiger charge is -2.34. The normalized spacial score (nSPS) is 20.4. The number of nitrogens with two attached hydrogens (primary N) is 1. The Labute approximate surface area is 213 Å². The third-order valence-corrected chi connectivity index (χ3v) is 6.82. The molecule has 2 rings (SSSR count). The number of hydrogen-bond acceptors (Lipinski definition) is 6. The monoisotopic (exact) mass is 508 g/mol. The molecule has 0 aliphatic heterocycles. The number of alkyl halides is 1. The van der Waals surface area contributed by atoms with E-state index in [0.717, 1.165) is 12.8 Å². The van der Waals surface area contributed by atoms with Gasteiger partial charge in [-0.15, -0.1) is 11.6 Å². The van der Waals surface area contributed by atoms with E-state index in [-0.39, 0.29) is 12.1 Å². The Kier molecular flexibility index (Phi) is 15.2. The number of hydrogen-bond donors (Lipinski definition) is 4. The average molecular weight is 509 g/mol. The minimum Gasteiger partial charge on any atom is -0.480 e. The predicted octanol–water partition coefficient (Wildman–Crippen LogP) is 5.93. The summed E-state index contributed by atoms with van der Waals surface area (Å²) in [5.74, 6) is -0.157. The van der Waals surface area contributed by atoms with Crippen molar-refractivity contribution in [3.05, 3.63) is 0 Å². The molecule has 2 saturated carbocycles. The summed E-state index contributed by atoms with van der Waals surface area (Å²) in [6, 6.07) is 0. The van der Waals surface area contributed by atoms with Crippen molar-refractivity contribution < 1.29 is 24.5 Å². The molecule has 8 heteroatoms. The number of carbonyl (C=O) groups is 2. The van der Waals surface area contributed by atoms with Crippen molar-refractivity contribution in [2.45, 2.75) is 117 Å². The Morgan fingerprint density at radius 2 is 1.24 bits per heavy atom. The lowest BCUT2D eigenvalue weighted by molar-refractivity contribution is -0.148. The van der Waals surface area contributed by atoms with Gasteiger partial charge in [-0.05, 0) is 102 Å². The smallest absolute Gasteiger partial charge is 0.326 e. The molecule has 0 radical (unpaired) electrons. The van der Waals surface area contributed by atoms with Crippen molar-refractivity contribution in [1.29, 1.82) is 0 Å². The number of rotatable bonds is 5. The summed E-state index contributed by atoms with van der Waals surface area (Å²) < 4.78 is 5.24. The van der Waals surface area contributed by atoms with Crippen LogP contribution in [0, 0.1) is 22.7 Å². The van der Waals surface area contributed by atoms with Crippen molar-refractivity contribution >= 4 is 23.5 Å². The van der Waals surface area contributed by atoms with Crippen LogP contribution in [0.5, 0.6) is 0 Å². The SMILES string of the molecule is CC(C)(N)C(=O)O.CC1(C)CCC(CO)CC1.CC1(C)CCC(COC(=O)C(C)(C)Cl)CC1.N. The zero-order chi connectivity index (χ0) is 26.1. The molecule has 0 saturated heterocycles. The van der Waals surface area contributed by atoms with Gasteiger partial charge >= 0.3 is 11.9 Å². The summed E-state index contributed by atoms with van der Waals surface area (Å²) in [6.45, 7) is 16.4. The highest BCUT2D eigenvalue weighted by atomic mass is 35.5. The molecule has 7 nitrogen and oxygen atoms in total. The van der Waals surface area contributed by atoms with Crippen molar-refractivity contribution in [1.82, 2.24) is 6.15 Å². The van der Waals surface area contributed by atoms with Gasteiger partial charge in [-0.1, -0.05) is 27.7 Å². The third-order valence-electron chi connectivity index (χ3n) is 6.66. The van der Waals surface area contributed by atoms with Crippen LogP contribution in [0.1, 0.15) is 107 Å². The highest BCUT2D eigenvalue weighted by Gasteiger charge is 2.30. The number of esters is 1. The molecule has 0 atom stereocenters. The highest BCUT2D eigenvalue weighted by molar-refractivity contribution is 6.33. The number of aliphatic hydroxyl groups excluding tert-OH is 1. The Morgan fingerprint density at radius 1 is 0.912 bits per heavy atom. The van der Waals surface area contributed by atoms with Crippen LogP contribution in [0.25, 0.3) is 0 Å². The van der Waals surface area contributed by atoms with Gasteiger partial charge in [0, 0.05) is 6.61 Å². The number of aliphatic carboxylic acids is 1. The summed E-state index contributed by atoms with van der Waals surface area (Å²) in [5.41, 5.74) is 5.01. The van der Waals surface area contributed by atoms with Gasteiger partial charge in [0.05, 0.1) is 6.61 Å². The number of halogens is 1. The number of carboxylic acids is 1. The molecule has 204 valence electrons. The largest absolute Gasteiger partial charge is 0.480 e. The summed E-state index contributed by atoms with van der Waals surface area (Å²) in [4.78, 5) is 20.5. The Hall–Kier alpha value is -0.890. The van der Waals surface area contributed by atoms with Crippen molar-refractivity contribution in [3.8, 4) is 0 Å². The van der Waals surface area contributed by atoms with Crippen molar-refractivity contribution in [2.75, 3.05) is 13.2 Å². The molecule has 0 spiro atoms. The van der Waals surface area contributed by atoms with Crippen LogP contribution < -0.4 is 11.9 Å². The fraction of sp³-hybridized carbons (Fsp3) is 0.923. The second-order valence-corrected chi connectivity index (χ2v) is 13.4. The van der Waals surface area contributed by atoms with Crippen LogP contribution in [0.3, 0.4) is 0 Å². The van der Waals surface area contributed by atoms with Crippen LogP contribution >= 0.6 is 11.6 Å². The first-order valence-electron chi connectivity index (χ1n) is 12.3. The topological polar surface area (TPSA) is 145 Å². The molecule has 2 fully saturated rings. The average Bonchev–Trinajstić information content (AvgIpc) is 2.66. The fourth-order valence-electron chi connectivity index (χ4n) is 3.63. The van der Waals surface area contributed by atoms with Crippen LogP contribution in [0.2, 0.25) is 0 Å². The van der Waals surface area contributed by atoms with Crippen LogP contribution in [-0.2, 0) is 14.3 Å². The molecular formula is C26H53ClN2O5. The van der Waals surface area contributed by atoms with E-state index in [4.69, 9.17) is 32.3 Å². The first kappa shape index (κ1) is 35.3. The van der Waals surface area contributed by atoms with E-state index >= 15 is 0 Å². The van der Waals surface area contributed by atoms with E-state index in [1.807, 2.05) is 0 Å². The standard InChI is InChI=1S/C13H23ClO2.C9H18O.C4H9NO2.H3N/c1-12(2)7-5-10(6-8-12)9-16-11(15)13(3,4)14;1-9(2)5-3-8(7-10)4-6-9;1-4(2,5)3(6)7;/h10H,5-9H2,1-4H3;8,10H,3-7H2,1-2H3;5H2,1-2H3,(H,6,7);1H3. The Morgan fingerprint density at radius 3 is 1.50 bits per heavy atom. The molecule has 7 N–H and O–H groups in total. The second kappa shape index (κ2) is 14.6. The van der Waals surface area contributed by atoms with Crippen molar-refractivity contribution in [2.24, 2.45) is 28.4 Å². The molecule has 0 aromatic heterocycles. The molecule has 34 heavy (non-hydrogen) atoms. The van der Waals surface area contributed by atoms with Gasteiger partial charge < -0.3 is 26.8 Å². The van der Waals surface area contributed by atoms with Crippen molar-refractivity contribution in [3.63, 3.8) is 0 Å². The Balaban J connectivity index is 0. The van der Waals surface area contributed by atoms with Gasteiger partial charge in [0.1, 0.15) is 10.4 Å². The molecule has 0 aromatic rings. The van der Waals surface area contributed by atoms with Gasteiger partial charge in [0.25, 0.3) is 0 Å². The van der Waals surface area contributed by atoms with E-state index in [1.165, 1.54) is 52.4 Å². The van der Waals surface area contributed by atoms with Gasteiger partial charge in [0.2, 0.25) is 0 Å². The molecule has 0 bridgehead atoms. The Bertz CT molecular complexity index is 589. The van der Waals surface area contributed by atoms with Gasteiger partial charge in [-0.3, -0.25) is 9.59 Å². The second-order valence-electron chi connectivity index (χ2n) is 12.5. The first-order chi connectivity index (χ1) is 14.8. The maximum atomic E-state index is 11.5. The fourth-order valence-corrected chi connectivity index (χ4v) is 3.69. The summed E-state index contributed by atoms with van der Waals surface area (Å²) in [5, 5.41) is 17.0. The maximum absolute atomic E-state index is 11.5. The van der Waals surface area contributed by atoms with Crippen LogP contribution in [0.4, 0.5) is 0 Å². The minimum atomic E-state index is -1.08. The summed E-state index contributed by atoms with van der Waals surface area (Å²) in [7, 11) is 0. The minimum absolute atomic E-state index is 0. The van der Waals surface area contributed by atoms with Gasteiger partial charge in [-0.2, -0.15) is 0 Å². The molecular weight excluding hydrogens is 456 g/mol. The number of carboxylic acid groups (broad SMARTS) is 1. The highest BCUT2D eigenvalue weighted by Crippen LogP contribution is 2.38. The quantitative estimate of drug-likeness (QED) is 0.266. The zero-order valence-corrected chi connectivity index (χ0v) is 23.8. The van der Waals surface area contributed by atoms with E-state index in [0.29, 0.717) is 35.9 Å². The number of aliphatic hydroxyl groups is 1. The molecule has 0 heterocycles. The van der Waals surface area contributed by atoms with Crippen LogP contribution in [0.15, 0.2) is 0 Å². The van der Waals surface area contributed by atoms with Gasteiger partial charge in [0.15, 0.2) is 0 Å². The summed E-state index contributed by atoms with van der Waals surface area (Å²) >= 11 is 5.87. The first-order valence-corrected chi connectivity index (χ1v) is 12.7. The van der Waals surface area contributed by atoms with E-state index in [1.54, 1.807) is 13.8 Å². The molecule has 0 aromatic carbocycles. The predicted molar refractivity (Wildman–Crippen MR) is 140 cm³/mol. The lowest BCUT2D eigenvalue weighted by atomic mass is 9.73. The number of carbonyl (C=O) groups excluding carboxylic acids is 1. The molecule has 2 aliphatic rings. The summed E-state index contributed by atoms with van der Waals surface area (Å²) in [6.07, 6.45) is 9.79. The maximum Gasteiger partial charge on any atom is 0.326 e. The zero-order valence-electron chi connectivity index (χ0n) is 23.0. The number of ether oxygens (including phenoxy) is 1. The molecule has 2 aliphatic carbocycles. The third kappa shape index (κ3) is 15.9. The lowest BCUT2D eigenvalue weighted by Crippen LogP contribution is -2.41. The molecule has 0 amide bonds. The van der Waals surface area contributed by atoms with Gasteiger partial charge in [-0.25, -0.2) is 0 Å².